The first-order valence-electron chi connectivity index (χ1n) is 7.71. The van der Waals surface area contributed by atoms with Gasteiger partial charge in [-0.25, -0.2) is 0 Å². The molecule has 0 atom stereocenters. The molecule has 2 aliphatic rings. The van der Waals surface area contributed by atoms with E-state index in [0.29, 0.717) is 11.3 Å². The van der Waals surface area contributed by atoms with Crippen molar-refractivity contribution in [3.8, 4) is 0 Å². The maximum absolute atomic E-state index is 6.12. The van der Waals surface area contributed by atoms with Crippen LogP contribution in [0.4, 0.5) is 11.9 Å². The minimum Gasteiger partial charge on any atom is -0.341 e. The first kappa shape index (κ1) is 13.9. The Morgan fingerprint density at radius 3 is 2.60 bits per heavy atom. The molecular formula is C14H22ClN5. The highest BCUT2D eigenvalue weighted by molar-refractivity contribution is 6.28. The first-order chi connectivity index (χ1) is 9.78. The minimum absolute atomic E-state index is 0.319. The third-order valence-electron chi connectivity index (χ3n) is 3.97. The largest absolute Gasteiger partial charge is 0.341 e. The Bertz CT molecular complexity index is 457. The van der Waals surface area contributed by atoms with Gasteiger partial charge in [0, 0.05) is 25.7 Å². The van der Waals surface area contributed by atoms with Crippen LogP contribution in [0.15, 0.2) is 0 Å². The summed E-state index contributed by atoms with van der Waals surface area (Å²) in [5, 5.41) is 0.319. The lowest BCUT2D eigenvalue weighted by atomic mass is 10.3. The summed E-state index contributed by atoms with van der Waals surface area (Å²) in [4.78, 5) is 17.9. The zero-order valence-corrected chi connectivity index (χ0v) is 12.8. The second-order valence-corrected chi connectivity index (χ2v) is 6.01. The van der Waals surface area contributed by atoms with Crippen molar-refractivity contribution in [1.29, 1.82) is 0 Å². The summed E-state index contributed by atoms with van der Waals surface area (Å²) in [5.74, 6) is 1.52. The van der Waals surface area contributed by atoms with E-state index in [1.807, 2.05) is 0 Å². The zero-order chi connectivity index (χ0) is 13.9. The van der Waals surface area contributed by atoms with Gasteiger partial charge in [0.15, 0.2) is 0 Å². The zero-order valence-electron chi connectivity index (χ0n) is 12.1. The number of hydrogen-bond donors (Lipinski definition) is 0. The fraction of sp³-hybridized carbons (Fsp3) is 0.786. The molecule has 2 heterocycles. The molecule has 110 valence electrons. The molecule has 0 spiro atoms. The average Bonchev–Trinajstić information content (AvgIpc) is 3.12. The molecule has 3 rings (SSSR count). The number of aromatic nitrogens is 3. The normalized spacial score (nSPS) is 18.6. The molecular weight excluding hydrogens is 274 g/mol. The maximum Gasteiger partial charge on any atom is 0.231 e. The van der Waals surface area contributed by atoms with Crippen LogP contribution in [-0.4, -0.2) is 40.6 Å². The van der Waals surface area contributed by atoms with Gasteiger partial charge in [0.25, 0.3) is 0 Å². The molecule has 0 bridgehead atoms. The van der Waals surface area contributed by atoms with Gasteiger partial charge in [-0.15, -0.1) is 0 Å². The molecule has 1 saturated heterocycles. The van der Waals surface area contributed by atoms with Crippen molar-refractivity contribution in [2.24, 2.45) is 0 Å². The molecule has 1 aromatic rings. The minimum atomic E-state index is 0.319. The van der Waals surface area contributed by atoms with Gasteiger partial charge < -0.3 is 9.80 Å². The van der Waals surface area contributed by atoms with Crippen molar-refractivity contribution in [3.63, 3.8) is 0 Å². The summed E-state index contributed by atoms with van der Waals surface area (Å²) in [6, 6.07) is 0.603. The molecule has 0 radical (unpaired) electrons. The van der Waals surface area contributed by atoms with Crippen LogP contribution in [-0.2, 0) is 0 Å². The highest BCUT2D eigenvalue weighted by Gasteiger charge is 2.31. The maximum atomic E-state index is 6.12. The number of nitrogens with zero attached hydrogens (tertiary/aromatic N) is 5. The third kappa shape index (κ3) is 3.14. The van der Waals surface area contributed by atoms with Crippen LogP contribution in [0.1, 0.15) is 45.4 Å². The third-order valence-corrected chi connectivity index (χ3v) is 4.14. The molecule has 0 amide bonds. The number of unbranched alkanes of at least 4 members (excludes halogenated alkanes) is 1. The van der Waals surface area contributed by atoms with E-state index in [1.165, 1.54) is 38.5 Å². The van der Waals surface area contributed by atoms with E-state index in [4.69, 9.17) is 11.6 Å². The van der Waals surface area contributed by atoms with Crippen molar-refractivity contribution in [2.75, 3.05) is 29.4 Å². The van der Waals surface area contributed by atoms with Crippen LogP contribution in [0.25, 0.3) is 0 Å². The molecule has 6 heteroatoms. The van der Waals surface area contributed by atoms with Crippen molar-refractivity contribution < 1.29 is 0 Å². The van der Waals surface area contributed by atoms with Gasteiger partial charge in [0.2, 0.25) is 17.2 Å². The molecule has 0 unspecified atom stereocenters. The molecule has 0 N–H and O–H groups in total. The predicted octanol–water partition coefficient (Wildman–Crippen LogP) is 2.89. The highest BCUT2D eigenvalue weighted by Crippen LogP contribution is 2.31. The Morgan fingerprint density at radius 2 is 1.95 bits per heavy atom. The molecule has 1 aromatic heterocycles. The molecule has 2 fully saturated rings. The summed E-state index contributed by atoms with van der Waals surface area (Å²) in [6.45, 7) is 5.28. The predicted molar refractivity (Wildman–Crippen MR) is 81.6 cm³/mol. The number of rotatable bonds is 6. The van der Waals surface area contributed by atoms with E-state index < -0.39 is 0 Å². The number of anilines is 2. The van der Waals surface area contributed by atoms with E-state index in [9.17, 15) is 0 Å². The molecule has 0 aromatic carbocycles. The van der Waals surface area contributed by atoms with E-state index in [0.717, 1.165) is 31.5 Å². The summed E-state index contributed by atoms with van der Waals surface area (Å²) in [5.41, 5.74) is 0. The summed E-state index contributed by atoms with van der Waals surface area (Å²) >= 11 is 6.12. The quantitative estimate of drug-likeness (QED) is 0.807. The topological polar surface area (TPSA) is 45.2 Å². The SMILES string of the molecule is CCCCN(c1nc(Cl)nc(N2CCCC2)n1)C1CC1. The van der Waals surface area contributed by atoms with Crippen molar-refractivity contribution in [1.82, 2.24) is 15.0 Å². The first-order valence-corrected chi connectivity index (χ1v) is 8.09. The Morgan fingerprint density at radius 1 is 1.20 bits per heavy atom. The van der Waals surface area contributed by atoms with Crippen molar-refractivity contribution >= 4 is 23.5 Å². The fourth-order valence-corrected chi connectivity index (χ4v) is 2.83. The summed E-state index contributed by atoms with van der Waals surface area (Å²) in [6.07, 6.45) is 7.25. The van der Waals surface area contributed by atoms with E-state index in [-0.39, 0.29) is 0 Å². The standard InChI is InChI=1S/C14H22ClN5/c1-2-3-10-20(11-6-7-11)14-17-12(15)16-13(18-14)19-8-4-5-9-19/h11H,2-10H2,1H3. The van der Waals surface area contributed by atoms with Crippen LogP contribution in [0.3, 0.4) is 0 Å². The molecule has 1 aliphatic carbocycles. The van der Waals surface area contributed by atoms with E-state index >= 15 is 0 Å². The van der Waals surface area contributed by atoms with Crippen LogP contribution in [0, 0.1) is 0 Å². The van der Waals surface area contributed by atoms with Gasteiger partial charge in [-0.1, -0.05) is 13.3 Å². The monoisotopic (exact) mass is 295 g/mol. The molecule has 1 saturated carbocycles. The Balaban J connectivity index is 1.82. The lowest BCUT2D eigenvalue weighted by Crippen LogP contribution is -2.30. The fourth-order valence-electron chi connectivity index (χ4n) is 2.68. The van der Waals surface area contributed by atoms with Crippen LogP contribution in [0.2, 0.25) is 5.28 Å². The van der Waals surface area contributed by atoms with Gasteiger partial charge >= 0.3 is 0 Å². The van der Waals surface area contributed by atoms with Crippen molar-refractivity contribution in [2.45, 2.75) is 51.5 Å². The molecule has 1 aliphatic heterocycles. The van der Waals surface area contributed by atoms with Gasteiger partial charge in [0.1, 0.15) is 0 Å². The smallest absolute Gasteiger partial charge is 0.231 e. The van der Waals surface area contributed by atoms with E-state index in [2.05, 4.69) is 31.7 Å². The molecule has 5 nitrogen and oxygen atoms in total. The van der Waals surface area contributed by atoms with Gasteiger partial charge in [0.05, 0.1) is 0 Å². The van der Waals surface area contributed by atoms with Crippen LogP contribution in [0.5, 0.6) is 0 Å². The molecule has 20 heavy (non-hydrogen) atoms. The number of hydrogen-bond acceptors (Lipinski definition) is 5. The Hall–Kier alpha value is -1.10. The summed E-state index contributed by atoms with van der Waals surface area (Å²) in [7, 11) is 0. The van der Waals surface area contributed by atoms with Gasteiger partial charge in [-0.05, 0) is 43.7 Å². The number of halogens is 1. The second-order valence-electron chi connectivity index (χ2n) is 5.68. The van der Waals surface area contributed by atoms with Crippen molar-refractivity contribution in [3.05, 3.63) is 5.28 Å². The lowest BCUT2D eigenvalue weighted by molar-refractivity contribution is 0.689. The van der Waals surface area contributed by atoms with E-state index in [1.54, 1.807) is 0 Å². The Kier molecular flexibility index (Phi) is 4.24. The average molecular weight is 296 g/mol. The highest BCUT2D eigenvalue weighted by atomic mass is 35.5. The second kappa shape index (κ2) is 6.12. The summed E-state index contributed by atoms with van der Waals surface area (Å²) < 4.78 is 0. The van der Waals surface area contributed by atoms with Gasteiger partial charge in [-0.3, -0.25) is 0 Å². The Labute approximate surface area is 125 Å². The van der Waals surface area contributed by atoms with Crippen LogP contribution < -0.4 is 9.80 Å². The van der Waals surface area contributed by atoms with Crippen LogP contribution >= 0.6 is 11.6 Å². The van der Waals surface area contributed by atoms with Gasteiger partial charge in [-0.2, -0.15) is 15.0 Å². The lowest BCUT2D eigenvalue weighted by Gasteiger charge is -2.24.